The van der Waals surface area contributed by atoms with Gasteiger partial charge in [-0.2, -0.15) is 5.10 Å². The average molecular weight is 393 g/mol. The maximum Gasteiger partial charge on any atom is 0.200 e. The number of para-hydroxylation sites is 1. The number of hydrazone groups is 1. The molecule has 0 radical (unpaired) electrons. The van der Waals surface area contributed by atoms with Gasteiger partial charge in [-0.05, 0) is 25.2 Å². The van der Waals surface area contributed by atoms with E-state index in [1.165, 1.54) is 5.56 Å². The zero-order valence-electron chi connectivity index (χ0n) is 17.2. The van der Waals surface area contributed by atoms with Crippen molar-refractivity contribution in [1.82, 2.24) is 9.91 Å². The number of methoxy groups -OCH3 is 2. The van der Waals surface area contributed by atoms with Crippen LogP contribution in [0.2, 0.25) is 0 Å². The number of rotatable bonds is 3. The molecule has 1 saturated heterocycles. The summed E-state index contributed by atoms with van der Waals surface area (Å²) in [6, 6.07) is 14.5. The standard InChI is InChI=1S/C23H27N3O3/c1-25-12-10-23(11-13-25)26-20(18-6-4-5-7-21(18)29-23)15-19(24-26)17-9-8-16(27-2)14-22(17)28-3/h4-9,14,20H,10-13,15H2,1-3H3/t20-/m1/s1. The van der Waals surface area contributed by atoms with E-state index in [0.29, 0.717) is 0 Å². The van der Waals surface area contributed by atoms with Gasteiger partial charge < -0.3 is 19.1 Å². The molecule has 1 fully saturated rings. The van der Waals surface area contributed by atoms with E-state index in [1.807, 2.05) is 18.2 Å². The molecule has 3 heterocycles. The molecule has 2 aromatic rings. The van der Waals surface area contributed by atoms with E-state index in [2.05, 4.69) is 41.2 Å². The predicted octanol–water partition coefficient (Wildman–Crippen LogP) is 3.67. The zero-order chi connectivity index (χ0) is 20.0. The topological polar surface area (TPSA) is 46.5 Å². The number of nitrogens with zero attached hydrogens (tertiary/aromatic N) is 3. The third kappa shape index (κ3) is 2.94. The Morgan fingerprint density at radius 2 is 1.86 bits per heavy atom. The highest BCUT2D eigenvalue weighted by molar-refractivity contribution is 6.04. The van der Waals surface area contributed by atoms with Crippen LogP contribution in [-0.4, -0.2) is 55.7 Å². The fourth-order valence-corrected chi connectivity index (χ4v) is 4.73. The molecule has 0 aromatic heterocycles. The van der Waals surface area contributed by atoms with Gasteiger partial charge in [0.15, 0.2) is 0 Å². The van der Waals surface area contributed by atoms with Gasteiger partial charge in [0, 0.05) is 49.5 Å². The summed E-state index contributed by atoms with van der Waals surface area (Å²) in [5, 5.41) is 7.37. The van der Waals surface area contributed by atoms with Gasteiger partial charge in [-0.25, -0.2) is 5.01 Å². The quantitative estimate of drug-likeness (QED) is 0.796. The van der Waals surface area contributed by atoms with Crippen molar-refractivity contribution < 1.29 is 14.2 Å². The Hall–Kier alpha value is -2.73. The molecule has 0 amide bonds. The van der Waals surface area contributed by atoms with Crippen LogP contribution in [0, 0.1) is 0 Å². The second kappa shape index (κ2) is 6.95. The lowest BCUT2D eigenvalue weighted by Crippen LogP contribution is -2.58. The molecule has 0 unspecified atom stereocenters. The molecule has 0 N–H and O–H groups in total. The molecule has 29 heavy (non-hydrogen) atoms. The maximum absolute atomic E-state index is 6.64. The smallest absolute Gasteiger partial charge is 0.200 e. The molecule has 1 atom stereocenters. The molecule has 1 spiro atoms. The van der Waals surface area contributed by atoms with Gasteiger partial charge >= 0.3 is 0 Å². The molecular formula is C23H27N3O3. The van der Waals surface area contributed by atoms with Crippen LogP contribution in [0.1, 0.15) is 36.4 Å². The Bertz CT molecular complexity index is 950. The van der Waals surface area contributed by atoms with Gasteiger partial charge in [-0.3, -0.25) is 0 Å². The molecule has 0 aliphatic carbocycles. The minimum Gasteiger partial charge on any atom is -0.497 e. The Kier molecular flexibility index (Phi) is 4.39. The molecular weight excluding hydrogens is 366 g/mol. The molecule has 152 valence electrons. The summed E-state index contributed by atoms with van der Waals surface area (Å²) < 4.78 is 17.7. The molecule has 0 saturated carbocycles. The van der Waals surface area contributed by atoms with Crippen molar-refractivity contribution in [3.8, 4) is 17.2 Å². The van der Waals surface area contributed by atoms with Crippen LogP contribution in [0.15, 0.2) is 47.6 Å². The predicted molar refractivity (Wildman–Crippen MR) is 112 cm³/mol. The normalized spacial score (nSPS) is 22.5. The largest absolute Gasteiger partial charge is 0.497 e. The Morgan fingerprint density at radius 1 is 1.07 bits per heavy atom. The number of piperidine rings is 1. The van der Waals surface area contributed by atoms with Crippen LogP contribution in [0.25, 0.3) is 0 Å². The third-order valence-electron chi connectivity index (χ3n) is 6.39. The number of likely N-dealkylation sites (tertiary alicyclic amines) is 1. The van der Waals surface area contributed by atoms with Crippen LogP contribution in [-0.2, 0) is 0 Å². The lowest BCUT2D eigenvalue weighted by atomic mass is 9.91. The summed E-state index contributed by atoms with van der Waals surface area (Å²) in [6.45, 7) is 2.00. The molecule has 5 rings (SSSR count). The highest BCUT2D eigenvalue weighted by Crippen LogP contribution is 2.50. The molecule has 0 bridgehead atoms. The van der Waals surface area contributed by atoms with E-state index in [9.17, 15) is 0 Å². The second-order valence-corrected chi connectivity index (χ2v) is 8.07. The van der Waals surface area contributed by atoms with Gasteiger partial charge in [0.25, 0.3) is 0 Å². The van der Waals surface area contributed by atoms with Crippen LogP contribution in [0.5, 0.6) is 17.2 Å². The first-order chi connectivity index (χ1) is 14.1. The Balaban J connectivity index is 1.58. The Morgan fingerprint density at radius 3 is 2.62 bits per heavy atom. The highest BCUT2D eigenvalue weighted by Gasteiger charge is 2.51. The van der Waals surface area contributed by atoms with Gasteiger partial charge in [0.1, 0.15) is 17.2 Å². The summed E-state index contributed by atoms with van der Waals surface area (Å²) >= 11 is 0. The first-order valence-electron chi connectivity index (χ1n) is 10.2. The van der Waals surface area contributed by atoms with E-state index < -0.39 is 0 Å². The minimum atomic E-state index is -0.382. The van der Waals surface area contributed by atoms with Crippen molar-refractivity contribution in [2.24, 2.45) is 5.10 Å². The van der Waals surface area contributed by atoms with Gasteiger partial charge in [0.05, 0.1) is 26.0 Å². The van der Waals surface area contributed by atoms with Crippen LogP contribution >= 0.6 is 0 Å². The summed E-state index contributed by atoms with van der Waals surface area (Å²) in [5.41, 5.74) is 2.88. The van der Waals surface area contributed by atoms with E-state index in [0.717, 1.165) is 60.9 Å². The second-order valence-electron chi connectivity index (χ2n) is 8.07. The van der Waals surface area contributed by atoms with E-state index in [-0.39, 0.29) is 11.8 Å². The summed E-state index contributed by atoms with van der Waals surface area (Å²) in [5.74, 6) is 2.56. The van der Waals surface area contributed by atoms with Crippen molar-refractivity contribution in [2.75, 3.05) is 34.4 Å². The first-order valence-corrected chi connectivity index (χ1v) is 10.2. The Labute approximate surface area is 171 Å². The highest BCUT2D eigenvalue weighted by atomic mass is 16.5. The van der Waals surface area contributed by atoms with Gasteiger partial charge in [-0.15, -0.1) is 0 Å². The lowest BCUT2D eigenvalue weighted by Gasteiger charge is -2.50. The van der Waals surface area contributed by atoms with Gasteiger partial charge in [0.2, 0.25) is 5.72 Å². The minimum absolute atomic E-state index is 0.185. The van der Waals surface area contributed by atoms with Crippen molar-refractivity contribution in [3.63, 3.8) is 0 Å². The fourth-order valence-electron chi connectivity index (χ4n) is 4.73. The molecule has 6 heteroatoms. The number of benzene rings is 2. The van der Waals surface area contributed by atoms with Crippen molar-refractivity contribution in [3.05, 3.63) is 53.6 Å². The molecule has 3 aliphatic rings. The van der Waals surface area contributed by atoms with Crippen LogP contribution in [0.4, 0.5) is 0 Å². The number of fused-ring (bicyclic) bond motifs is 4. The lowest BCUT2D eigenvalue weighted by molar-refractivity contribution is -0.147. The monoisotopic (exact) mass is 393 g/mol. The third-order valence-corrected chi connectivity index (χ3v) is 6.39. The number of ether oxygens (including phenoxy) is 3. The maximum atomic E-state index is 6.64. The average Bonchev–Trinajstić information content (AvgIpc) is 3.22. The van der Waals surface area contributed by atoms with Crippen LogP contribution < -0.4 is 14.2 Å². The fraction of sp³-hybridized carbons (Fsp3) is 0.435. The van der Waals surface area contributed by atoms with Crippen molar-refractivity contribution in [1.29, 1.82) is 0 Å². The zero-order valence-corrected chi connectivity index (χ0v) is 17.2. The number of hydrogen-bond donors (Lipinski definition) is 0. The van der Waals surface area contributed by atoms with Gasteiger partial charge in [-0.1, -0.05) is 18.2 Å². The SMILES string of the molecule is COc1ccc(C2=NN3[C@H](C2)c2ccccc2OC32CCN(C)CC2)c(OC)c1. The van der Waals surface area contributed by atoms with Crippen LogP contribution in [0.3, 0.4) is 0 Å². The van der Waals surface area contributed by atoms with Crippen molar-refractivity contribution in [2.45, 2.75) is 31.0 Å². The molecule has 2 aromatic carbocycles. The van der Waals surface area contributed by atoms with Crippen molar-refractivity contribution >= 4 is 5.71 Å². The number of hydrogen-bond acceptors (Lipinski definition) is 6. The van der Waals surface area contributed by atoms with E-state index in [1.54, 1.807) is 14.2 Å². The summed E-state index contributed by atoms with van der Waals surface area (Å²) in [4.78, 5) is 2.36. The van der Waals surface area contributed by atoms with E-state index >= 15 is 0 Å². The summed E-state index contributed by atoms with van der Waals surface area (Å²) in [6.07, 6.45) is 2.70. The first kappa shape index (κ1) is 18.3. The molecule has 6 nitrogen and oxygen atoms in total. The summed E-state index contributed by atoms with van der Waals surface area (Å²) in [7, 11) is 5.53. The van der Waals surface area contributed by atoms with E-state index in [4.69, 9.17) is 19.3 Å². The molecule has 3 aliphatic heterocycles.